The molecule has 4 aromatic rings. The molecule has 0 fully saturated rings. The summed E-state index contributed by atoms with van der Waals surface area (Å²) in [6.45, 7) is 0.609. The van der Waals surface area contributed by atoms with Crippen molar-refractivity contribution < 1.29 is 10.2 Å². The van der Waals surface area contributed by atoms with Crippen molar-refractivity contribution in [3.8, 4) is 11.5 Å². The van der Waals surface area contributed by atoms with Gasteiger partial charge in [0.15, 0.2) is 0 Å². The van der Waals surface area contributed by atoms with Crippen LogP contribution in [-0.2, 0) is 6.42 Å². The Morgan fingerprint density at radius 3 is 2.52 bits per heavy atom. The number of pyridine rings is 1. The van der Waals surface area contributed by atoms with Gasteiger partial charge in [-0.25, -0.2) is 4.98 Å². The SMILES string of the molecule is Oc1ccccc1CCNc1ccc2nc3ccccc3cc2c1O. The molecule has 0 aliphatic carbocycles. The maximum Gasteiger partial charge on any atom is 0.148 e. The van der Waals surface area contributed by atoms with E-state index < -0.39 is 0 Å². The largest absolute Gasteiger partial charge is 0.508 e. The summed E-state index contributed by atoms with van der Waals surface area (Å²) in [5.41, 5.74) is 3.22. The summed E-state index contributed by atoms with van der Waals surface area (Å²) < 4.78 is 0. The summed E-state index contributed by atoms with van der Waals surface area (Å²) in [5, 5.41) is 25.4. The molecule has 3 aromatic carbocycles. The fourth-order valence-corrected chi connectivity index (χ4v) is 3.03. The molecule has 3 N–H and O–H groups in total. The number of aromatic nitrogens is 1. The van der Waals surface area contributed by atoms with Gasteiger partial charge in [-0.3, -0.25) is 0 Å². The Morgan fingerprint density at radius 2 is 1.64 bits per heavy atom. The number of benzene rings is 3. The number of aromatic hydroxyl groups is 2. The highest BCUT2D eigenvalue weighted by molar-refractivity contribution is 5.98. The first-order valence-electron chi connectivity index (χ1n) is 8.24. The lowest BCUT2D eigenvalue weighted by Crippen LogP contribution is -2.05. The normalized spacial score (nSPS) is 11.0. The molecule has 4 nitrogen and oxygen atoms in total. The molecular weight excluding hydrogens is 312 g/mol. The van der Waals surface area contributed by atoms with Crippen molar-refractivity contribution in [3.05, 3.63) is 72.3 Å². The van der Waals surface area contributed by atoms with Crippen LogP contribution < -0.4 is 5.32 Å². The number of nitrogens with zero attached hydrogens (tertiary/aromatic N) is 1. The molecule has 1 heterocycles. The third-order valence-corrected chi connectivity index (χ3v) is 4.37. The summed E-state index contributed by atoms with van der Waals surface area (Å²) in [4.78, 5) is 4.60. The maximum atomic E-state index is 10.6. The Labute approximate surface area is 145 Å². The van der Waals surface area contributed by atoms with Gasteiger partial charge in [0.2, 0.25) is 0 Å². The van der Waals surface area contributed by atoms with Gasteiger partial charge >= 0.3 is 0 Å². The molecule has 0 bridgehead atoms. The van der Waals surface area contributed by atoms with Crippen molar-refractivity contribution in [3.63, 3.8) is 0 Å². The summed E-state index contributed by atoms with van der Waals surface area (Å²) in [7, 11) is 0. The van der Waals surface area contributed by atoms with E-state index in [2.05, 4.69) is 10.3 Å². The number of phenols is 2. The Balaban J connectivity index is 1.60. The first kappa shape index (κ1) is 15.3. The average Bonchev–Trinajstić information content (AvgIpc) is 2.64. The number of phenolic OH excluding ortho intramolecular Hbond substituents is 2. The predicted molar refractivity (Wildman–Crippen MR) is 101 cm³/mol. The Kier molecular flexibility index (Phi) is 3.86. The number of fused-ring (bicyclic) bond motifs is 2. The van der Waals surface area contributed by atoms with Crippen LogP contribution in [0.5, 0.6) is 11.5 Å². The van der Waals surface area contributed by atoms with E-state index in [-0.39, 0.29) is 5.75 Å². The van der Waals surface area contributed by atoms with Crippen molar-refractivity contribution in [2.24, 2.45) is 0 Å². The average molecular weight is 330 g/mol. The van der Waals surface area contributed by atoms with Crippen LogP contribution in [-0.4, -0.2) is 21.7 Å². The monoisotopic (exact) mass is 330 g/mol. The number of rotatable bonds is 4. The molecule has 4 heteroatoms. The van der Waals surface area contributed by atoms with Gasteiger partial charge in [0.25, 0.3) is 0 Å². The van der Waals surface area contributed by atoms with E-state index in [9.17, 15) is 10.2 Å². The van der Waals surface area contributed by atoms with Crippen LogP contribution in [0.25, 0.3) is 21.8 Å². The third kappa shape index (κ3) is 2.94. The lowest BCUT2D eigenvalue weighted by atomic mass is 10.1. The fourth-order valence-electron chi connectivity index (χ4n) is 3.03. The molecule has 1 aromatic heterocycles. The molecule has 4 rings (SSSR count). The Bertz CT molecular complexity index is 1060. The van der Waals surface area contributed by atoms with E-state index >= 15 is 0 Å². The molecule has 0 radical (unpaired) electrons. The first-order chi connectivity index (χ1) is 12.2. The molecule has 0 atom stereocenters. The second-order valence-electron chi connectivity index (χ2n) is 6.01. The van der Waals surface area contributed by atoms with E-state index in [1.807, 2.05) is 54.6 Å². The Hall–Kier alpha value is -3.27. The zero-order valence-corrected chi connectivity index (χ0v) is 13.6. The van der Waals surface area contributed by atoms with E-state index in [4.69, 9.17) is 0 Å². The molecule has 0 amide bonds. The molecule has 0 unspecified atom stereocenters. The summed E-state index contributed by atoms with van der Waals surface area (Å²) in [5.74, 6) is 0.496. The van der Waals surface area contributed by atoms with Gasteiger partial charge in [-0.1, -0.05) is 36.4 Å². The van der Waals surface area contributed by atoms with Gasteiger partial charge in [0.1, 0.15) is 11.5 Å². The molecule has 0 saturated carbocycles. The molecule has 0 saturated heterocycles. The fraction of sp³-hybridized carbons (Fsp3) is 0.0952. The Morgan fingerprint density at radius 1 is 0.840 bits per heavy atom. The lowest BCUT2D eigenvalue weighted by molar-refractivity contribution is 0.468. The van der Waals surface area contributed by atoms with Gasteiger partial charge in [0.05, 0.1) is 16.7 Å². The van der Waals surface area contributed by atoms with Crippen molar-refractivity contribution >= 4 is 27.5 Å². The van der Waals surface area contributed by atoms with Gasteiger partial charge in [-0.15, -0.1) is 0 Å². The minimum Gasteiger partial charge on any atom is -0.508 e. The van der Waals surface area contributed by atoms with Crippen molar-refractivity contribution in [2.45, 2.75) is 6.42 Å². The van der Waals surface area contributed by atoms with Crippen molar-refractivity contribution in [1.29, 1.82) is 0 Å². The highest BCUT2D eigenvalue weighted by atomic mass is 16.3. The second kappa shape index (κ2) is 6.32. The smallest absolute Gasteiger partial charge is 0.148 e. The lowest BCUT2D eigenvalue weighted by Gasteiger charge is -2.11. The summed E-state index contributed by atoms with van der Waals surface area (Å²) >= 11 is 0. The van der Waals surface area contributed by atoms with E-state index in [0.29, 0.717) is 24.4 Å². The van der Waals surface area contributed by atoms with Crippen molar-refractivity contribution in [1.82, 2.24) is 4.98 Å². The predicted octanol–water partition coefficient (Wildman–Crippen LogP) is 4.45. The van der Waals surface area contributed by atoms with Gasteiger partial charge < -0.3 is 15.5 Å². The van der Waals surface area contributed by atoms with Crippen LogP contribution in [0.2, 0.25) is 0 Å². The number of hydrogen-bond donors (Lipinski definition) is 3. The van der Waals surface area contributed by atoms with Crippen LogP contribution in [0.3, 0.4) is 0 Å². The topological polar surface area (TPSA) is 65.4 Å². The molecule has 0 aliphatic heterocycles. The highest BCUT2D eigenvalue weighted by Gasteiger charge is 2.09. The summed E-state index contributed by atoms with van der Waals surface area (Å²) in [6.07, 6.45) is 0.667. The van der Waals surface area contributed by atoms with Gasteiger partial charge in [0, 0.05) is 17.3 Å². The number of para-hydroxylation sites is 2. The van der Waals surface area contributed by atoms with E-state index in [1.165, 1.54) is 0 Å². The zero-order valence-electron chi connectivity index (χ0n) is 13.6. The quantitative estimate of drug-likeness (QED) is 0.382. The zero-order chi connectivity index (χ0) is 17.2. The van der Waals surface area contributed by atoms with E-state index in [0.717, 1.165) is 27.4 Å². The second-order valence-corrected chi connectivity index (χ2v) is 6.01. The third-order valence-electron chi connectivity index (χ3n) is 4.37. The van der Waals surface area contributed by atoms with Crippen LogP contribution in [0, 0.1) is 0 Å². The maximum absolute atomic E-state index is 10.6. The summed E-state index contributed by atoms with van der Waals surface area (Å²) in [6, 6.07) is 20.8. The van der Waals surface area contributed by atoms with Crippen LogP contribution in [0.1, 0.15) is 5.56 Å². The van der Waals surface area contributed by atoms with Crippen molar-refractivity contribution in [2.75, 3.05) is 11.9 Å². The standard InChI is InChI=1S/C21H18N2O2/c24-20-8-4-2-5-14(20)11-12-22-19-10-9-18-16(21(19)25)13-15-6-1-3-7-17(15)23-18/h1-10,13,22,24-25H,11-12H2. The van der Waals surface area contributed by atoms with Crippen LogP contribution in [0.4, 0.5) is 5.69 Å². The molecule has 25 heavy (non-hydrogen) atoms. The van der Waals surface area contributed by atoms with Gasteiger partial charge in [-0.05, 0) is 42.3 Å². The van der Waals surface area contributed by atoms with Crippen LogP contribution in [0.15, 0.2) is 66.7 Å². The van der Waals surface area contributed by atoms with E-state index in [1.54, 1.807) is 12.1 Å². The minimum atomic E-state index is 0.202. The number of hydrogen-bond acceptors (Lipinski definition) is 4. The van der Waals surface area contributed by atoms with Gasteiger partial charge in [-0.2, -0.15) is 0 Å². The molecule has 124 valence electrons. The molecular formula is C21H18N2O2. The molecule has 0 spiro atoms. The first-order valence-corrected chi connectivity index (χ1v) is 8.24. The minimum absolute atomic E-state index is 0.202. The van der Waals surface area contributed by atoms with Crippen LogP contribution >= 0.6 is 0 Å². The highest BCUT2D eigenvalue weighted by Crippen LogP contribution is 2.33. The molecule has 0 aliphatic rings. The number of anilines is 1. The number of nitrogens with one attached hydrogen (secondary N) is 1.